The van der Waals surface area contributed by atoms with Crippen LogP contribution in [0.4, 0.5) is 0 Å². The second kappa shape index (κ2) is 8.44. The van der Waals surface area contributed by atoms with Gasteiger partial charge in [0.25, 0.3) is 5.91 Å². The molecule has 0 bridgehead atoms. The van der Waals surface area contributed by atoms with Gasteiger partial charge >= 0.3 is 0 Å². The van der Waals surface area contributed by atoms with Gasteiger partial charge < -0.3 is 14.8 Å². The van der Waals surface area contributed by atoms with Crippen LogP contribution in [0.15, 0.2) is 42.5 Å². The summed E-state index contributed by atoms with van der Waals surface area (Å²) in [6.45, 7) is 5.00. The van der Waals surface area contributed by atoms with Gasteiger partial charge in [-0.25, -0.2) is 0 Å². The SMILES string of the molecule is O=C(NCc1ccc(CN2CCCCC2)cc1)c1ccc2c(c1)OCCO2. The number of carbonyl (C=O) groups excluding carboxylic acids is 1. The molecule has 0 atom stereocenters. The number of hydrogen-bond donors (Lipinski definition) is 1. The maximum absolute atomic E-state index is 12.4. The van der Waals surface area contributed by atoms with E-state index in [0.717, 1.165) is 12.1 Å². The van der Waals surface area contributed by atoms with E-state index in [1.54, 1.807) is 18.2 Å². The first-order valence-electron chi connectivity index (χ1n) is 9.76. The van der Waals surface area contributed by atoms with Crippen molar-refractivity contribution >= 4 is 5.91 Å². The van der Waals surface area contributed by atoms with Gasteiger partial charge in [-0.2, -0.15) is 0 Å². The monoisotopic (exact) mass is 366 g/mol. The average molecular weight is 366 g/mol. The predicted octanol–water partition coefficient (Wildman–Crippen LogP) is 3.37. The van der Waals surface area contributed by atoms with Gasteiger partial charge in [0.15, 0.2) is 11.5 Å². The van der Waals surface area contributed by atoms with Crippen LogP contribution < -0.4 is 14.8 Å². The van der Waals surface area contributed by atoms with Crippen LogP contribution in [0.25, 0.3) is 0 Å². The van der Waals surface area contributed by atoms with Crippen LogP contribution in [0, 0.1) is 0 Å². The van der Waals surface area contributed by atoms with E-state index < -0.39 is 0 Å². The fourth-order valence-electron chi connectivity index (χ4n) is 3.61. The molecule has 2 aliphatic heterocycles. The van der Waals surface area contributed by atoms with E-state index in [1.165, 1.54) is 37.9 Å². The van der Waals surface area contributed by atoms with Crippen LogP contribution in [-0.2, 0) is 13.1 Å². The number of hydrogen-bond acceptors (Lipinski definition) is 4. The molecule has 2 heterocycles. The first-order chi connectivity index (χ1) is 13.3. The molecule has 27 heavy (non-hydrogen) atoms. The third-order valence-corrected chi connectivity index (χ3v) is 5.14. The Morgan fingerprint density at radius 2 is 1.59 bits per heavy atom. The van der Waals surface area contributed by atoms with Crippen molar-refractivity contribution < 1.29 is 14.3 Å². The van der Waals surface area contributed by atoms with Crippen LogP contribution >= 0.6 is 0 Å². The number of ether oxygens (including phenoxy) is 2. The molecule has 0 aliphatic carbocycles. The molecule has 0 spiro atoms. The minimum Gasteiger partial charge on any atom is -0.486 e. The minimum absolute atomic E-state index is 0.107. The van der Waals surface area contributed by atoms with Crippen molar-refractivity contribution in [2.45, 2.75) is 32.4 Å². The van der Waals surface area contributed by atoms with Crippen molar-refractivity contribution in [3.63, 3.8) is 0 Å². The summed E-state index contributed by atoms with van der Waals surface area (Å²) in [6, 6.07) is 13.8. The summed E-state index contributed by atoms with van der Waals surface area (Å²) in [5, 5.41) is 2.98. The lowest BCUT2D eigenvalue weighted by Gasteiger charge is -2.26. The molecule has 0 unspecified atom stereocenters. The molecule has 2 aromatic carbocycles. The Morgan fingerprint density at radius 1 is 0.889 bits per heavy atom. The Labute approximate surface area is 160 Å². The molecule has 0 radical (unpaired) electrons. The van der Waals surface area contributed by atoms with E-state index in [2.05, 4.69) is 34.5 Å². The summed E-state index contributed by atoms with van der Waals surface area (Å²) in [5.74, 6) is 1.22. The lowest BCUT2D eigenvalue weighted by atomic mass is 10.1. The van der Waals surface area contributed by atoms with Gasteiger partial charge in [-0.3, -0.25) is 9.69 Å². The second-order valence-electron chi connectivity index (χ2n) is 7.19. The predicted molar refractivity (Wildman–Crippen MR) is 104 cm³/mol. The van der Waals surface area contributed by atoms with Crippen molar-refractivity contribution in [2.24, 2.45) is 0 Å². The molecule has 5 heteroatoms. The van der Waals surface area contributed by atoms with Gasteiger partial charge in [-0.15, -0.1) is 0 Å². The molecule has 1 saturated heterocycles. The van der Waals surface area contributed by atoms with E-state index in [9.17, 15) is 4.79 Å². The van der Waals surface area contributed by atoms with Crippen LogP contribution in [0.2, 0.25) is 0 Å². The van der Waals surface area contributed by atoms with Crippen LogP contribution in [-0.4, -0.2) is 37.1 Å². The first-order valence-corrected chi connectivity index (χ1v) is 9.76. The molecule has 5 nitrogen and oxygen atoms in total. The van der Waals surface area contributed by atoms with Crippen molar-refractivity contribution in [1.82, 2.24) is 10.2 Å². The molecule has 1 N–H and O–H groups in total. The fourth-order valence-corrected chi connectivity index (χ4v) is 3.61. The highest BCUT2D eigenvalue weighted by molar-refractivity contribution is 5.94. The van der Waals surface area contributed by atoms with Crippen LogP contribution in [0.5, 0.6) is 11.5 Å². The number of fused-ring (bicyclic) bond motifs is 1. The number of nitrogens with one attached hydrogen (secondary N) is 1. The summed E-state index contributed by atoms with van der Waals surface area (Å²) in [4.78, 5) is 14.9. The Bertz CT molecular complexity index is 783. The lowest BCUT2D eigenvalue weighted by molar-refractivity contribution is 0.0949. The summed E-state index contributed by atoms with van der Waals surface area (Å²) < 4.78 is 11.0. The molecule has 2 aromatic rings. The minimum atomic E-state index is -0.107. The topological polar surface area (TPSA) is 50.8 Å². The Hall–Kier alpha value is -2.53. The van der Waals surface area contributed by atoms with E-state index in [0.29, 0.717) is 36.8 Å². The highest BCUT2D eigenvalue weighted by Crippen LogP contribution is 2.30. The number of amides is 1. The zero-order chi connectivity index (χ0) is 18.5. The van der Waals surface area contributed by atoms with Gasteiger partial charge in [0, 0.05) is 18.7 Å². The first kappa shape index (κ1) is 17.9. The molecule has 0 saturated carbocycles. The molecule has 4 rings (SSSR count). The largest absolute Gasteiger partial charge is 0.486 e. The smallest absolute Gasteiger partial charge is 0.251 e. The van der Waals surface area contributed by atoms with E-state index in [-0.39, 0.29) is 5.91 Å². The molecule has 0 aromatic heterocycles. The van der Waals surface area contributed by atoms with Gasteiger partial charge in [0.1, 0.15) is 13.2 Å². The van der Waals surface area contributed by atoms with E-state index >= 15 is 0 Å². The molecule has 2 aliphatic rings. The van der Waals surface area contributed by atoms with Crippen LogP contribution in [0.1, 0.15) is 40.7 Å². The average Bonchev–Trinajstić information content (AvgIpc) is 2.73. The molecule has 1 amide bonds. The summed E-state index contributed by atoms with van der Waals surface area (Å²) in [5.41, 5.74) is 3.02. The quantitative estimate of drug-likeness (QED) is 0.881. The zero-order valence-electron chi connectivity index (χ0n) is 15.6. The Balaban J connectivity index is 1.31. The molecule has 142 valence electrons. The van der Waals surface area contributed by atoms with Gasteiger partial charge in [0.05, 0.1) is 0 Å². The third kappa shape index (κ3) is 4.61. The number of benzene rings is 2. The summed E-state index contributed by atoms with van der Waals surface area (Å²) in [7, 11) is 0. The fraction of sp³-hybridized carbons (Fsp3) is 0.409. The number of nitrogens with zero attached hydrogens (tertiary/aromatic N) is 1. The van der Waals surface area contributed by atoms with Gasteiger partial charge in [-0.1, -0.05) is 30.7 Å². The Morgan fingerprint density at radius 3 is 2.37 bits per heavy atom. The van der Waals surface area contributed by atoms with Crippen molar-refractivity contribution in [1.29, 1.82) is 0 Å². The summed E-state index contributed by atoms with van der Waals surface area (Å²) >= 11 is 0. The number of rotatable bonds is 5. The summed E-state index contributed by atoms with van der Waals surface area (Å²) in [6.07, 6.45) is 3.98. The highest BCUT2D eigenvalue weighted by atomic mass is 16.6. The standard InChI is InChI=1S/C22H26N2O3/c25-22(19-8-9-20-21(14-19)27-13-12-26-20)23-15-17-4-6-18(7-5-17)16-24-10-2-1-3-11-24/h4-9,14H,1-3,10-13,15-16H2,(H,23,25). The van der Waals surface area contributed by atoms with Gasteiger partial charge in [-0.05, 0) is 55.3 Å². The highest BCUT2D eigenvalue weighted by Gasteiger charge is 2.15. The maximum Gasteiger partial charge on any atom is 0.251 e. The van der Waals surface area contributed by atoms with E-state index in [1.807, 2.05) is 0 Å². The second-order valence-corrected chi connectivity index (χ2v) is 7.19. The normalized spacial score (nSPS) is 16.7. The number of carbonyl (C=O) groups is 1. The molecule has 1 fully saturated rings. The van der Waals surface area contributed by atoms with Gasteiger partial charge in [0.2, 0.25) is 0 Å². The van der Waals surface area contributed by atoms with Crippen molar-refractivity contribution in [3.8, 4) is 11.5 Å². The molecular weight excluding hydrogens is 340 g/mol. The Kier molecular flexibility index (Phi) is 5.58. The maximum atomic E-state index is 12.4. The van der Waals surface area contributed by atoms with Crippen molar-refractivity contribution in [3.05, 3.63) is 59.2 Å². The van der Waals surface area contributed by atoms with E-state index in [4.69, 9.17) is 9.47 Å². The zero-order valence-corrected chi connectivity index (χ0v) is 15.6. The number of likely N-dealkylation sites (tertiary alicyclic amines) is 1. The molecular formula is C22H26N2O3. The van der Waals surface area contributed by atoms with Crippen LogP contribution in [0.3, 0.4) is 0 Å². The number of piperidine rings is 1. The third-order valence-electron chi connectivity index (χ3n) is 5.14. The van der Waals surface area contributed by atoms with Crippen molar-refractivity contribution in [2.75, 3.05) is 26.3 Å². The lowest BCUT2D eigenvalue weighted by Crippen LogP contribution is -2.29.